The Balaban J connectivity index is 2.34. The van der Waals surface area contributed by atoms with Crippen LogP contribution in [0.25, 0.3) is 0 Å². The maximum Gasteiger partial charge on any atom is 0.119 e. The average Bonchev–Trinajstić information content (AvgIpc) is 2.53. The van der Waals surface area contributed by atoms with Gasteiger partial charge >= 0.3 is 0 Å². The lowest BCUT2D eigenvalue weighted by atomic mass is 9.97. The number of hydrogen-bond donors (Lipinski definition) is 1. The highest BCUT2D eigenvalue weighted by atomic mass is 16.5. The Hall–Kier alpha value is -2.04. The summed E-state index contributed by atoms with van der Waals surface area (Å²) in [6, 6.07) is 14.6. The minimum absolute atomic E-state index is 0.226. The molecule has 4 nitrogen and oxygen atoms in total. The van der Waals surface area contributed by atoms with Crippen molar-refractivity contribution in [3.05, 3.63) is 59.7 Å². The summed E-state index contributed by atoms with van der Waals surface area (Å²) >= 11 is 0. The summed E-state index contributed by atoms with van der Waals surface area (Å²) in [6.45, 7) is 0. The number of rotatable bonds is 6. The zero-order valence-electron chi connectivity index (χ0n) is 12.4. The van der Waals surface area contributed by atoms with Gasteiger partial charge in [-0.25, -0.2) is 0 Å². The van der Waals surface area contributed by atoms with Crippen molar-refractivity contribution in [1.82, 2.24) is 0 Å². The van der Waals surface area contributed by atoms with Gasteiger partial charge in [0.2, 0.25) is 0 Å². The zero-order valence-corrected chi connectivity index (χ0v) is 12.4. The summed E-state index contributed by atoms with van der Waals surface area (Å²) in [5, 5.41) is 9.40. The van der Waals surface area contributed by atoms with E-state index in [0.717, 1.165) is 16.9 Å². The van der Waals surface area contributed by atoms with Gasteiger partial charge in [0, 0.05) is 14.2 Å². The van der Waals surface area contributed by atoms with Gasteiger partial charge in [-0.3, -0.25) is 0 Å². The largest absolute Gasteiger partial charge is 0.508 e. The highest BCUT2D eigenvalue weighted by molar-refractivity contribution is 5.33. The Kier molecular flexibility index (Phi) is 5.20. The number of phenolic OH excluding ortho intramolecular Hbond substituents is 1. The predicted octanol–water partition coefficient (Wildman–Crippen LogP) is 3.48. The Morgan fingerprint density at radius 2 is 1.43 bits per heavy atom. The summed E-state index contributed by atoms with van der Waals surface area (Å²) in [4.78, 5) is 0. The lowest BCUT2D eigenvalue weighted by Gasteiger charge is -2.26. The first-order valence-electron chi connectivity index (χ1n) is 6.68. The van der Waals surface area contributed by atoms with E-state index in [9.17, 15) is 5.11 Å². The molecule has 112 valence electrons. The fourth-order valence-corrected chi connectivity index (χ4v) is 2.35. The SMILES string of the molecule is COc1cccc(C(OC)C(OC)c2ccc(O)cc2)c1. The van der Waals surface area contributed by atoms with Gasteiger partial charge in [-0.15, -0.1) is 0 Å². The smallest absolute Gasteiger partial charge is 0.119 e. The number of methoxy groups -OCH3 is 3. The molecule has 0 aliphatic heterocycles. The summed E-state index contributed by atoms with van der Waals surface area (Å²) in [5.74, 6) is 0.999. The molecule has 0 heterocycles. The summed E-state index contributed by atoms with van der Waals surface area (Å²) in [7, 11) is 4.93. The molecule has 0 aromatic heterocycles. The molecular formula is C17H20O4. The standard InChI is InChI=1S/C17H20O4/c1-19-15-6-4-5-13(11-15)17(21-3)16(20-2)12-7-9-14(18)10-8-12/h4-11,16-18H,1-3H3. The topological polar surface area (TPSA) is 47.9 Å². The Bertz CT molecular complexity index is 565. The van der Waals surface area contributed by atoms with Crippen molar-refractivity contribution in [3.8, 4) is 11.5 Å². The highest BCUT2D eigenvalue weighted by Gasteiger charge is 2.25. The van der Waals surface area contributed by atoms with Crippen LogP contribution in [0.2, 0.25) is 0 Å². The number of aromatic hydroxyl groups is 1. The van der Waals surface area contributed by atoms with E-state index in [1.165, 1.54) is 0 Å². The van der Waals surface area contributed by atoms with Crippen molar-refractivity contribution in [3.63, 3.8) is 0 Å². The van der Waals surface area contributed by atoms with Crippen LogP contribution in [0.5, 0.6) is 11.5 Å². The summed E-state index contributed by atoms with van der Waals surface area (Å²) in [6.07, 6.45) is -0.544. The predicted molar refractivity (Wildman–Crippen MR) is 80.6 cm³/mol. The van der Waals surface area contributed by atoms with Crippen molar-refractivity contribution < 1.29 is 19.3 Å². The molecule has 0 bridgehead atoms. The van der Waals surface area contributed by atoms with Gasteiger partial charge in [-0.1, -0.05) is 24.3 Å². The first kappa shape index (κ1) is 15.4. The third kappa shape index (κ3) is 3.54. The van der Waals surface area contributed by atoms with Crippen LogP contribution in [0, 0.1) is 0 Å². The van der Waals surface area contributed by atoms with Crippen LogP contribution in [0.1, 0.15) is 23.3 Å². The van der Waals surface area contributed by atoms with Crippen LogP contribution in [-0.2, 0) is 9.47 Å². The Morgan fingerprint density at radius 3 is 2.00 bits per heavy atom. The van der Waals surface area contributed by atoms with E-state index in [4.69, 9.17) is 14.2 Å². The first-order chi connectivity index (χ1) is 10.2. The molecule has 0 aliphatic carbocycles. The second-order valence-corrected chi connectivity index (χ2v) is 4.68. The van der Waals surface area contributed by atoms with Gasteiger partial charge in [-0.2, -0.15) is 0 Å². The number of benzene rings is 2. The number of ether oxygens (including phenoxy) is 3. The minimum Gasteiger partial charge on any atom is -0.508 e. The monoisotopic (exact) mass is 288 g/mol. The van der Waals surface area contributed by atoms with Crippen LogP contribution in [0.4, 0.5) is 0 Å². The molecule has 2 atom stereocenters. The van der Waals surface area contributed by atoms with Gasteiger partial charge in [0.05, 0.1) is 7.11 Å². The van der Waals surface area contributed by atoms with Crippen molar-refractivity contribution in [1.29, 1.82) is 0 Å². The van der Waals surface area contributed by atoms with Crippen LogP contribution in [0.15, 0.2) is 48.5 Å². The number of phenols is 1. The molecule has 21 heavy (non-hydrogen) atoms. The Morgan fingerprint density at radius 1 is 0.810 bits per heavy atom. The maximum absolute atomic E-state index is 9.40. The third-order valence-corrected chi connectivity index (χ3v) is 3.43. The molecule has 0 radical (unpaired) electrons. The van der Waals surface area contributed by atoms with E-state index in [1.807, 2.05) is 36.4 Å². The van der Waals surface area contributed by atoms with Gasteiger partial charge < -0.3 is 19.3 Å². The second kappa shape index (κ2) is 7.11. The lowest BCUT2D eigenvalue weighted by molar-refractivity contribution is -0.0398. The van der Waals surface area contributed by atoms with Crippen molar-refractivity contribution in [2.45, 2.75) is 12.2 Å². The molecular weight excluding hydrogens is 268 g/mol. The van der Waals surface area contributed by atoms with Crippen LogP contribution in [0.3, 0.4) is 0 Å². The molecule has 2 rings (SSSR count). The van der Waals surface area contributed by atoms with Crippen molar-refractivity contribution in [2.24, 2.45) is 0 Å². The van der Waals surface area contributed by atoms with E-state index in [2.05, 4.69) is 0 Å². The lowest BCUT2D eigenvalue weighted by Crippen LogP contribution is -2.15. The molecule has 2 unspecified atom stereocenters. The van der Waals surface area contributed by atoms with Gasteiger partial charge in [0.25, 0.3) is 0 Å². The number of hydrogen-bond acceptors (Lipinski definition) is 4. The molecule has 0 fully saturated rings. The quantitative estimate of drug-likeness (QED) is 0.884. The molecule has 0 saturated carbocycles. The molecule has 4 heteroatoms. The van der Waals surface area contributed by atoms with Crippen LogP contribution >= 0.6 is 0 Å². The molecule has 0 aliphatic rings. The van der Waals surface area contributed by atoms with Crippen LogP contribution < -0.4 is 4.74 Å². The second-order valence-electron chi connectivity index (χ2n) is 4.68. The van der Waals surface area contributed by atoms with E-state index >= 15 is 0 Å². The fraction of sp³-hybridized carbons (Fsp3) is 0.294. The third-order valence-electron chi connectivity index (χ3n) is 3.43. The van der Waals surface area contributed by atoms with Gasteiger partial charge in [0.1, 0.15) is 23.7 Å². The minimum atomic E-state index is -0.275. The van der Waals surface area contributed by atoms with Crippen molar-refractivity contribution >= 4 is 0 Å². The van der Waals surface area contributed by atoms with Crippen LogP contribution in [-0.4, -0.2) is 26.4 Å². The average molecular weight is 288 g/mol. The molecule has 0 saturated heterocycles. The van der Waals surface area contributed by atoms with E-state index < -0.39 is 0 Å². The van der Waals surface area contributed by atoms with E-state index in [0.29, 0.717) is 0 Å². The molecule has 0 amide bonds. The molecule has 0 spiro atoms. The van der Waals surface area contributed by atoms with E-state index in [-0.39, 0.29) is 18.0 Å². The van der Waals surface area contributed by atoms with Gasteiger partial charge in [-0.05, 0) is 35.4 Å². The molecule has 2 aromatic rings. The normalized spacial score (nSPS) is 13.7. The highest BCUT2D eigenvalue weighted by Crippen LogP contribution is 2.35. The fourth-order valence-electron chi connectivity index (χ4n) is 2.35. The molecule has 1 N–H and O–H groups in total. The first-order valence-corrected chi connectivity index (χ1v) is 6.68. The zero-order chi connectivity index (χ0) is 15.2. The Labute approximate surface area is 124 Å². The van der Waals surface area contributed by atoms with E-state index in [1.54, 1.807) is 33.5 Å². The summed E-state index contributed by atoms with van der Waals surface area (Å²) in [5.41, 5.74) is 1.90. The maximum atomic E-state index is 9.40. The summed E-state index contributed by atoms with van der Waals surface area (Å²) < 4.78 is 16.5. The molecule has 2 aromatic carbocycles. The van der Waals surface area contributed by atoms with Crippen molar-refractivity contribution in [2.75, 3.05) is 21.3 Å². The van der Waals surface area contributed by atoms with Gasteiger partial charge in [0.15, 0.2) is 0 Å².